The van der Waals surface area contributed by atoms with Gasteiger partial charge in [0.15, 0.2) is 5.82 Å². The predicted molar refractivity (Wildman–Crippen MR) is 65.8 cm³/mol. The van der Waals surface area contributed by atoms with Gasteiger partial charge in [-0.1, -0.05) is 6.07 Å². The van der Waals surface area contributed by atoms with Crippen molar-refractivity contribution >= 4 is 15.7 Å². The zero-order valence-electron chi connectivity index (χ0n) is 10.0. The molecule has 0 aliphatic carbocycles. The molecule has 1 aromatic carbocycles. The summed E-state index contributed by atoms with van der Waals surface area (Å²) in [5.74, 6) is -0.623. The molecule has 2 rings (SSSR count). The fraction of sp³-hybridized carbons (Fsp3) is 0.200. The van der Waals surface area contributed by atoms with Gasteiger partial charge in [0.25, 0.3) is 0 Å². The number of anilines is 1. The standard InChI is InChI=1S/C10H12FN5O2S/c1-16-6-13-9(15-16)5-14-19(17,18)10-7(11)3-2-4-8(10)12/h2-4,6,14H,5,12H2,1H3. The van der Waals surface area contributed by atoms with Gasteiger partial charge in [-0.3, -0.25) is 4.68 Å². The van der Waals surface area contributed by atoms with Crippen LogP contribution in [0.2, 0.25) is 0 Å². The number of nitrogens with zero attached hydrogens (tertiary/aromatic N) is 3. The van der Waals surface area contributed by atoms with E-state index < -0.39 is 20.7 Å². The van der Waals surface area contributed by atoms with E-state index in [1.165, 1.54) is 23.1 Å². The Balaban J connectivity index is 2.23. The average Bonchev–Trinajstić information content (AvgIpc) is 2.72. The molecule has 102 valence electrons. The molecule has 1 heterocycles. The predicted octanol–water partition coefficient (Wildman–Crippen LogP) is 0.0149. The molecular weight excluding hydrogens is 273 g/mol. The molecule has 3 N–H and O–H groups in total. The number of nitrogens with two attached hydrogens (primary N) is 1. The first-order valence-electron chi connectivity index (χ1n) is 5.28. The number of benzene rings is 1. The molecule has 0 saturated carbocycles. The quantitative estimate of drug-likeness (QED) is 0.771. The Morgan fingerprint density at radius 1 is 1.47 bits per heavy atom. The molecule has 0 amide bonds. The number of aryl methyl sites for hydroxylation is 1. The van der Waals surface area contributed by atoms with E-state index in [9.17, 15) is 12.8 Å². The van der Waals surface area contributed by atoms with Crippen molar-refractivity contribution in [1.82, 2.24) is 19.5 Å². The highest BCUT2D eigenvalue weighted by atomic mass is 32.2. The Kier molecular flexibility index (Phi) is 3.49. The second-order valence-corrected chi connectivity index (χ2v) is 5.52. The van der Waals surface area contributed by atoms with Crippen molar-refractivity contribution in [3.8, 4) is 0 Å². The number of hydrogen-bond acceptors (Lipinski definition) is 5. The second kappa shape index (κ2) is 4.94. The number of hydrogen-bond donors (Lipinski definition) is 2. The van der Waals surface area contributed by atoms with Gasteiger partial charge in [0.2, 0.25) is 10.0 Å². The molecule has 2 aromatic rings. The first kappa shape index (κ1) is 13.4. The lowest BCUT2D eigenvalue weighted by Gasteiger charge is -2.08. The normalized spacial score (nSPS) is 11.7. The minimum absolute atomic E-state index is 0.142. The van der Waals surface area contributed by atoms with Crippen LogP contribution in [-0.2, 0) is 23.6 Å². The molecule has 0 saturated heterocycles. The number of halogens is 1. The van der Waals surface area contributed by atoms with E-state index >= 15 is 0 Å². The SMILES string of the molecule is Cn1cnc(CNS(=O)(=O)c2c(N)cccc2F)n1. The maximum Gasteiger partial charge on any atom is 0.245 e. The number of aromatic nitrogens is 3. The highest BCUT2D eigenvalue weighted by Crippen LogP contribution is 2.21. The zero-order chi connectivity index (χ0) is 14.0. The van der Waals surface area contributed by atoms with E-state index in [0.29, 0.717) is 0 Å². The summed E-state index contributed by atoms with van der Waals surface area (Å²) < 4.78 is 41.1. The van der Waals surface area contributed by atoms with Crippen LogP contribution in [0.3, 0.4) is 0 Å². The first-order valence-corrected chi connectivity index (χ1v) is 6.76. The third-order valence-electron chi connectivity index (χ3n) is 2.33. The number of rotatable bonds is 4. The van der Waals surface area contributed by atoms with Gasteiger partial charge in [-0.15, -0.1) is 0 Å². The molecule has 7 nitrogen and oxygen atoms in total. The highest BCUT2D eigenvalue weighted by Gasteiger charge is 2.22. The monoisotopic (exact) mass is 285 g/mol. The summed E-state index contributed by atoms with van der Waals surface area (Å²) >= 11 is 0. The third-order valence-corrected chi connectivity index (χ3v) is 3.83. The Bertz CT molecular complexity index is 677. The molecule has 0 fully saturated rings. The van der Waals surface area contributed by atoms with Crippen molar-refractivity contribution in [2.75, 3.05) is 5.73 Å². The summed E-state index contributed by atoms with van der Waals surface area (Å²) in [6.45, 7) is -0.142. The number of nitrogens with one attached hydrogen (secondary N) is 1. The Morgan fingerprint density at radius 2 is 2.21 bits per heavy atom. The Labute approximate surface area is 109 Å². The van der Waals surface area contributed by atoms with Crippen LogP contribution >= 0.6 is 0 Å². The highest BCUT2D eigenvalue weighted by molar-refractivity contribution is 7.89. The maximum absolute atomic E-state index is 13.5. The summed E-state index contributed by atoms with van der Waals surface area (Å²) in [4.78, 5) is 3.29. The van der Waals surface area contributed by atoms with Crippen molar-refractivity contribution in [1.29, 1.82) is 0 Å². The topological polar surface area (TPSA) is 103 Å². The fourth-order valence-electron chi connectivity index (χ4n) is 1.51. The largest absolute Gasteiger partial charge is 0.398 e. The van der Waals surface area contributed by atoms with Crippen LogP contribution in [0.1, 0.15) is 5.82 Å². The van der Waals surface area contributed by atoms with Gasteiger partial charge >= 0.3 is 0 Å². The molecule has 0 atom stereocenters. The van der Waals surface area contributed by atoms with Crippen molar-refractivity contribution in [3.05, 3.63) is 36.2 Å². The van der Waals surface area contributed by atoms with Gasteiger partial charge in [-0.25, -0.2) is 22.5 Å². The van der Waals surface area contributed by atoms with Gasteiger partial charge in [0.1, 0.15) is 17.0 Å². The van der Waals surface area contributed by atoms with Crippen LogP contribution in [0.4, 0.5) is 10.1 Å². The molecule has 0 unspecified atom stereocenters. The van der Waals surface area contributed by atoms with E-state index in [1.807, 2.05) is 0 Å². The molecule has 9 heteroatoms. The van der Waals surface area contributed by atoms with E-state index in [0.717, 1.165) is 6.07 Å². The molecule has 19 heavy (non-hydrogen) atoms. The van der Waals surface area contributed by atoms with Crippen LogP contribution in [0, 0.1) is 5.82 Å². The van der Waals surface area contributed by atoms with Crippen LogP contribution < -0.4 is 10.5 Å². The maximum atomic E-state index is 13.5. The smallest absolute Gasteiger partial charge is 0.245 e. The average molecular weight is 285 g/mol. The summed E-state index contributed by atoms with van der Waals surface area (Å²) in [7, 11) is -2.40. The summed E-state index contributed by atoms with van der Waals surface area (Å²) in [6.07, 6.45) is 1.43. The van der Waals surface area contributed by atoms with Crippen molar-refractivity contribution in [2.45, 2.75) is 11.4 Å². The summed E-state index contributed by atoms with van der Waals surface area (Å²) in [6, 6.07) is 3.69. The minimum atomic E-state index is -4.05. The number of nitrogen functional groups attached to an aromatic ring is 1. The van der Waals surface area contributed by atoms with Gasteiger partial charge in [-0.2, -0.15) is 5.10 Å². The summed E-state index contributed by atoms with van der Waals surface area (Å²) in [5.41, 5.74) is 5.33. The third kappa shape index (κ3) is 2.88. The Hall–Kier alpha value is -2.00. The lowest BCUT2D eigenvalue weighted by Crippen LogP contribution is -2.25. The molecule has 0 aliphatic heterocycles. The van der Waals surface area contributed by atoms with E-state index in [4.69, 9.17) is 5.73 Å². The van der Waals surface area contributed by atoms with Gasteiger partial charge < -0.3 is 5.73 Å². The minimum Gasteiger partial charge on any atom is -0.398 e. The molecule has 0 bridgehead atoms. The van der Waals surface area contributed by atoms with E-state index in [1.54, 1.807) is 7.05 Å². The van der Waals surface area contributed by atoms with Crippen molar-refractivity contribution in [2.24, 2.45) is 7.05 Å². The van der Waals surface area contributed by atoms with Crippen LogP contribution in [0.15, 0.2) is 29.4 Å². The van der Waals surface area contributed by atoms with Gasteiger partial charge in [0.05, 0.1) is 12.2 Å². The lowest BCUT2D eigenvalue weighted by molar-refractivity contribution is 0.556. The first-order chi connectivity index (χ1) is 8.90. The lowest BCUT2D eigenvalue weighted by atomic mass is 10.3. The van der Waals surface area contributed by atoms with Crippen LogP contribution in [-0.4, -0.2) is 23.2 Å². The van der Waals surface area contributed by atoms with Crippen molar-refractivity contribution in [3.63, 3.8) is 0 Å². The molecule has 0 spiro atoms. The van der Waals surface area contributed by atoms with Crippen LogP contribution in [0.5, 0.6) is 0 Å². The van der Waals surface area contributed by atoms with Crippen molar-refractivity contribution < 1.29 is 12.8 Å². The van der Waals surface area contributed by atoms with E-state index in [-0.39, 0.29) is 18.1 Å². The van der Waals surface area contributed by atoms with Crippen LogP contribution in [0.25, 0.3) is 0 Å². The zero-order valence-corrected chi connectivity index (χ0v) is 10.9. The van der Waals surface area contributed by atoms with Gasteiger partial charge in [0, 0.05) is 7.05 Å². The molecule has 0 aliphatic rings. The van der Waals surface area contributed by atoms with Gasteiger partial charge in [-0.05, 0) is 12.1 Å². The fourth-order valence-corrected chi connectivity index (χ4v) is 2.67. The molecule has 0 radical (unpaired) electrons. The molecule has 1 aromatic heterocycles. The van der Waals surface area contributed by atoms with E-state index in [2.05, 4.69) is 14.8 Å². The molecular formula is C10H12FN5O2S. The Morgan fingerprint density at radius 3 is 2.79 bits per heavy atom. The number of sulfonamides is 1. The second-order valence-electron chi connectivity index (χ2n) is 3.82. The summed E-state index contributed by atoms with van der Waals surface area (Å²) in [5, 5.41) is 3.91.